The zero-order chi connectivity index (χ0) is 42.7. The van der Waals surface area contributed by atoms with Crippen molar-refractivity contribution in [1.29, 1.82) is 0 Å². The Bertz CT molecular complexity index is 1020. The molecule has 2 unspecified atom stereocenters. The first-order chi connectivity index (χ1) is 28.1. The molecule has 0 aromatic heterocycles. The van der Waals surface area contributed by atoms with Crippen LogP contribution in [-0.2, 0) is 27.9 Å². The van der Waals surface area contributed by atoms with Crippen LogP contribution in [-0.4, -0.2) is 75.6 Å². The summed E-state index contributed by atoms with van der Waals surface area (Å²) >= 11 is 0. The van der Waals surface area contributed by atoms with Gasteiger partial charge in [-0.3, -0.25) is 13.8 Å². The third-order valence-electron chi connectivity index (χ3n) is 10.4. The molecule has 0 rings (SSSR count). The Kier molecular flexibility index (Phi) is 41.5. The van der Waals surface area contributed by atoms with E-state index in [1.807, 2.05) is 21.1 Å². The van der Waals surface area contributed by atoms with Crippen molar-refractivity contribution in [1.82, 2.24) is 0 Å². The molecule has 0 heterocycles. The number of allylic oxidation sites excluding steroid dienone is 6. The van der Waals surface area contributed by atoms with E-state index in [1.165, 1.54) is 154 Å². The minimum absolute atomic E-state index is 0.0877. The van der Waals surface area contributed by atoms with E-state index in [2.05, 4.69) is 50.3 Å². The molecule has 9 heteroatoms. The maximum Gasteiger partial charge on any atom is 0.472 e. The molecule has 0 saturated carbocycles. The van der Waals surface area contributed by atoms with Crippen LogP contribution in [0.15, 0.2) is 36.5 Å². The van der Waals surface area contributed by atoms with Gasteiger partial charge in [-0.2, -0.15) is 0 Å². The van der Waals surface area contributed by atoms with E-state index in [4.69, 9.17) is 18.5 Å². The van der Waals surface area contributed by atoms with Crippen molar-refractivity contribution in [2.45, 2.75) is 219 Å². The zero-order valence-electron chi connectivity index (χ0n) is 38.8. The van der Waals surface area contributed by atoms with Gasteiger partial charge in [0, 0.05) is 13.0 Å². The quantitative estimate of drug-likeness (QED) is 0.0215. The van der Waals surface area contributed by atoms with Crippen LogP contribution in [0.5, 0.6) is 0 Å². The number of carbonyl (C=O) groups excluding carboxylic acids is 1. The van der Waals surface area contributed by atoms with E-state index in [1.54, 1.807) is 0 Å². The molecular formula is C49H95NO7P+. The van der Waals surface area contributed by atoms with Crippen molar-refractivity contribution in [3.63, 3.8) is 0 Å². The van der Waals surface area contributed by atoms with Crippen LogP contribution in [0.2, 0.25) is 0 Å². The largest absolute Gasteiger partial charge is 0.472 e. The third-order valence-corrected chi connectivity index (χ3v) is 11.4. The number of phosphoric acid groups is 1. The molecule has 0 aliphatic carbocycles. The molecule has 0 aromatic carbocycles. The van der Waals surface area contributed by atoms with Gasteiger partial charge in [-0.25, -0.2) is 4.57 Å². The van der Waals surface area contributed by atoms with E-state index in [-0.39, 0.29) is 25.8 Å². The standard InChI is InChI=1S/C49H94NO7P/c1-6-8-10-12-14-16-18-19-20-21-22-23-24-25-26-27-28-29-30-31-32-34-36-38-40-42-49(51)57-48(47-56-58(52,53)55-45-43-50(3,4)5)46-54-44-41-39-37-35-33-17-15-13-11-9-7-2/h11,13,18-19,21-22,48H,6-10,12,14-17,20,23-47H2,1-5H3/p+1/b13-11-,19-18-,22-21-. The number of unbranched alkanes of at least 4 members (excludes halogenated alkanes) is 25. The van der Waals surface area contributed by atoms with Gasteiger partial charge in [-0.1, -0.05) is 179 Å². The molecule has 2 atom stereocenters. The average Bonchev–Trinajstić information content (AvgIpc) is 3.18. The first kappa shape index (κ1) is 56.7. The van der Waals surface area contributed by atoms with Crippen LogP contribution >= 0.6 is 7.82 Å². The Balaban J connectivity index is 4.05. The van der Waals surface area contributed by atoms with Crippen LogP contribution in [0.25, 0.3) is 0 Å². The molecule has 342 valence electrons. The Labute approximate surface area is 359 Å². The fraction of sp³-hybridized carbons (Fsp3) is 0.857. The summed E-state index contributed by atoms with van der Waals surface area (Å²) in [5.41, 5.74) is 0. The zero-order valence-corrected chi connectivity index (χ0v) is 39.7. The fourth-order valence-corrected chi connectivity index (χ4v) is 7.39. The lowest BCUT2D eigenvalue weighted by Crippen LogP contribution is -2.37. The second-order valence-electron chi connectivity index (χ2n) is 17.5. The molecule has 0 aliphatic heterocycles. The molecule has 0 fully saturated rings. The molecular weight excluding hydrogens is 746 g/mol. The summed E-state index contributed by atoms with van der Waals surface area (Å²) in [4.78, 5) is 22.9. The van der Waals surface area contributed by atoms with E-state index in [9.17, 15) is 14.3 Å². The van der Waals surface area contributed by atoms with Crippen LogP contribution < -0.4 is 0 Å². The van der Waals surface area contributed by atoms with Gasteiger partial charge in [0.1, 0.15) is 19.3 Å². The Morgan fingerprint density at radius 1 is 0.534 bits per heavy atom. The van der Waals surface area contributed by atoms with Crippen LogP contribution in [0.3, 0.4) is 0 Å². The molecule has 0 saturated heterocycles. The minimum atomic E-state index is -4.27. The van der Waals surface area contributed by atoms with Crippen LogP contribution in [0.1, 0.15) is 213 Å². The van der Waals surface area contributed by atoms with Crippen molar-refractivity contribution in [2.24, 2.45) is 0 Å². The predicted octanol–water partition coefficient (Wildman–Crippen LogP) is 14.6. The maximum atomic E-state index is 12.7. The summed E-state index contributed by atoms with van der Waals surface area (Å²) in [5, 5.41) is 0. The van der Waals surface area contributed by atoms with Crippen molar-refractivity contribution in [3.8, 4) is 0 Å². The monoisotopic (exact) mass is 841 g/mol. The topological polar surface area (TPSA) is 91.3 Å². The smallest absolute Gasteiger partial charge is 0.457 e. The van der Waals surface area contributed by atoms with Crippen molar-refractivity contribution >= 4 is 13.8 Å². The minimum Gasteiger partial charge on any atom is -0.457 e. The number of hydrogen-bond donors (Lipinski definition) is 1. The molecule has 8 nitrogen and oxygen atoms in total. The SMILES string of the molecule is CCC/C=C\CCCCCCCCOCC(COP(=O)(O)OCC[N+](C)(C)C)OC(=O)CCCCCCCCCCCCCCC/C=C\C/C=C\CCCCCCC. The fourth-order valence-electron chi connectivity index (χ4n) is 6.64. The highest BCUT2D eigenvalue weighted by Crippen LogP contribution is 2.43. The summed E-state index contributed by atoms with van der Waals surface area (Å²) < 4.78 is 35.0. The highest BCUT2D eigenvalue weighted by Gasteiger charge is 2.26. The average molecular weight is 841 g/mol. The number of rotatable bonds is 45. The number of phosphoric ester groups is 1. The lowest BCUT2D eigenvalue weighted by atomic mass is 10.0. The molecule has 0 radical (unpaired) electrons. The van der Waals surface area contributed by atoms with Gasteiger partial charge in [0.15, 0.2) is 0 Å². The number of carbonyl (C=O) groups is 1. The van der Waals surface area contributed by atoms with Gasteiger partial charge in [0.05, 0.1) is 34.4 Å². The predicted molar refractivity (Wildman–Crippen MR) is 247 cm³/mol. The molecule has 58 heavy (non-hydrogen) atoms. The van der Waals surface area contributed by atoms with Crippen LogP contribution in [0, 0.1) is 0 Å². The Morgan fingerprint density at radius 2 is 0.983 bits per heavy atom. The first-order valence-electron chi connectivity index (χ1n) is 24.2. The van der Waals surface area contributed by atoms with Crippen molar-refractivity contribution in [3.05, 3.63) is 36.5 Å². The van der Waals surface area contributed by atoms with E-state index in [0.717, 1.165) is 38.5 Å². The molecule has 1 N–H and O–H groups in total. The number of likely N-dealkylation sites (N-methyl/N-ethyl adjacent to an activating group) is 1. The second kappa shape index (κ2) is 42.4. The third kappa shape index (κ3) is 45.8. The molecule has 0 aromatic rings. The van der Waals surface area contributed by atoms with E-state index < -0.39 is 13.9 Å². The number of nitrogens with zero attached hydrogens (tertiary/aromatic N) is 1. The van der Waals surface area contributed by atoms with Gasteiger partial charge >= 0.3 is 13.8 Å². The summed E-state index contributed by atoms with van der Waals surface area (Å²) in [5.74, 6) is -0.316. The molecule has 0 amide bonds. The maximum absolute atomic E-state index is 12.7. The van der Waals surface area contributed by atoms with Crippen LogP contribution in [0.4, 0.5) is 0 Å². The Morgan fingerprint density at radius 3 is 1.48 bits per heavy atom. The summed E-state index contributed by atoms with van der Waals surface area (Å²) in [7, 11) is 1.67. The van der Waals surface area contributed by atoms with Crippen molar-refractivity contribution < 1.29 is 37.3 Å². The normalized spacial score (nSPS) is 14.0. The number of ether oxygens (including phenoxy) is 2. The van der Waals surface area contributed by atoms with Gasteiger partial charge < -0.3 is 18.9 Å². The summed E-state index contributed by atoms with van der Waals surface area (Å²) in [6.07, 6.45) is 50.5. The van der Waals surface area contributed by atoms with Crippen molar-refractivity contribution in [2.75, 3.05) is 54.1 Å². The Hall–Kier alpha value is -1.28. The number of hydrogen-bond acceptors (Lipinski definition) is 6. The first-order valence-corrected chi connectivity index (χ1v) is 25.7. The second-order valence-corrected chi connectivity index (χ2v) is 18.9. The van der Waals surface area contributed by atoms with E-state index in [0.29, 0.717) is 24.1 Å². The highest BCUT2D eigenvalue weighted by atomic mass is 31.2. The molecule has 0 bridgehead atoms. The van der Waals surface area contributed by atoms with Gasteiger partial charge in [-0.05, 0) is 64.2 Å². The number of esters is 1. The summed E-state index contributed by atoms with van der Waals surface area (Å²) in [6, 6.07) is 0. The lowest BCUT2D eigenvalue weighted by Gasteiger charge is -2.24. The van der Waals surface area contributed by atoms with E-state index >= 15 is 0 Å². The molecule has 0 spiro atoms. The van der Waals surface area contributed by atoms with Gasteiger partial charge in [0.25, 0.3) is 0 Å². The summed E-state index contributed by atoms with van der Waals surface area (Å²) in [6.45, 7) is 5.56. The lowest BCUT2D eigenvalue weighted by molar-refractivity contribution is -0.870. The molecule has 0 aliphatic rings. The highest BCUT2D eigenvalue weighted by molar-refractivity contribution is 7.47. The van der Waals surface area contributed by atoms with Gasteiger partial charge in [0.2, 0.25) is 0 Å². The van der Waals surface area contributed by atoms with Gasteiger partial charge in [-0.15, -0.1) is 0 Å². The number of quaternary nitrogens is 1.